The molecule has 0 saturated carbocycles. The lowest BCUT2D eigenvalue weighted by molar-refractivity contribution is -0.642. The molecule has 4 heteroatoms. The summed E-state index contributed by atoms with van der Waals surface area (Å²) in [6.07, 6.45) is 2.93. The Bertz CT molecular complexity index is 235. The minimum absolute atomic E-state index is 0.485. The predicted octanol–water partition coefficient (Wildman–Crippen LogP) is 0.284. The van der Waals surface area contributed by atoms with Gasteiger partial charge in [-0.3, -0.25) is 0 Å². The Kier molecular flexibility index (Phi) is 2.43. The average molecular weight is 153 g/mol. The average Bonchev–Trinajstić information content (AvgIpc) is 2.06. The fourth-order valence-corrected chi connectivity index (χ4v) is 0.624. The normalized spacial score (nSPS) is 8.82. The molecule has 1 amide bonds. The molecule has 58 valence electrons. The maximum Gasteiger partial charge on any atom is 0.460 e. The molecule has 1 heterocycles. The molecular formula is C7H9N2O2+. The maximum absolute atomic E-state index is 10.6. The van der Waals surface area contributed by atoms with Crippen molar-refractivity contribution in [3.8, 4) is 0 Å². The van der Waals surface area contributed by atoms with E-state index in [-0.39, 0.29) is 0 Å². The first-order chi connectivity index (χ1) is 5.33. The number of ether oxygens (including phenoxy) is 1. The molecular weight excluding hydrogens is 144 g/mol. The zero-order valence-electron chi connectivity index (χ0n) is 6.15. The van der Waals surface area contributed by atoms with Gasteiger partial charge in [-0.25, -0.2) is 4.79 Å². The van der Waals surface area contributed by atoms with E-state index >= 15 is 0 Å². The number of methoxy groups -OCH3 is 1. The van der Waals surface area contributed by atoms with Crippen LogP contribution in [-0.4, -0.2) is 13.2 Å². The highest BCUT2D eigenvalue weighted by Gasteiger charge is 2.03. The molecule has 0 bridgehead atoms. The summed E-state index contributed by atoms with van der Waals surface area (Å²) in [5.41, 5.74) is 2.45. The van der Waals surface area contributed by atoms with Gasteiger partial charge >= 0.3 is 6.09 Å². The van der Waals surface area contributed by atoms with Crippen molar-refractivity contribution < 1.29 is 14.2 Å². The summed E-state index contributed by atoms with van der Waals surface area (Å²) in [6, 6.07) is 5.46. The van der Waals surface area contributed by atoms with Gasteiger partial charge in [0.1, 0.15) is 0 Å². The van der Waals surface area contributed by atoms with Crippen LogP contribution in [0.5, 0.6) is 0 Å². The van der Waals surface area contributed by atoms with Gasteiger partial charge in [0.05, 0.1) is 7.11 Å². The number of carbonyl (C=O) groups excluding carboxylic acids is 1. The van der Waals surface area contributed by atoms with Gasteiger partial charge in [0.2, 0.25) is 0 Å². The third kappa shape index (κ3) is 2.25. The second-order valence-electron chi connectivity index (χ2n) is 1.89. The van der Waals surface area contributed by atoms with Crippen LogP contribution in [-0.2, 0) is 4.74 Å². The van der Waals surface area contributed by atoms with E-state index in [1.807, 2.05) is 6.07 Å². The molecule has 11 heavy (non-hydrogen) atoms. The van der Waals surface area contributed by atoms with E-state index in [4.69, 9.17) is 0 Å². The summed E-state index contributed by atoms with van der Waals surface area (Å²) in [6.45, 7) is 0. The molecule has 1 rings (SSSR count). The number of hydrogen-bond acceptors (Lipinski definition) is 2. The van der Waals surface area contributed by atoms with Gasteiger partial charge in [-0.15, -0.1) is 0 Å². The second kappa shape index (κ2) is 3.55. The van der Waals surface area contributed by atoms with E-state index in [0.29, 0.717) is 0 Å². The Hall–Kier alpha value is -1.58. The summed E-state index contributed by atoms with van der Waals surface area (Å²) in [5.74, 6) is 0. The molecule has 0 radical (unpaired) electrons. The van der Waals surface area contributed by atoms with Gasteiger partial charge in [-0.2, -0.15) is 0 Å². The number of hydrogen-bond donors (Lipinski definition) is 1. The number of aromatic nitrogens is 1. The lowest BCUT2D eigenvalue weighted by Gasteiger charge is -1.94. The van der Waals surface area contributed by atoms with Crippen molar-refractivity contribution in [2.24, 2.45) is 0 Å². The number of nitrogens with one attached hydrogen (secondary N) is 1. The van der Waals surface area contributed by atoms with E-state index in [1.54, 1.807) is 24.5 Å². The lowest BCUT2D eigenvalue weighted by Crippen LogP contribution is -2.47. The van der Waals surface area contributed by atoms with Crippen molar-refractivity contribution in [1.82, 2.24) is 0 Å². The third-order valence-corrected chi connectivity index (χ3v) is 1.12. The summed E-state index contributed by atoms with van der Waals surface area (Å²) < 4.78 is 5.89. The second-order valence-corrected chi connectivity index (χ2v) is 1.89. The highest BCUT2D eigenvalue weighted by Crippen LogP contribution is 1.75. The van der Waals surface area contributed by atoms with E-state index in [1.165, 1.54) is 11.8 Å². The zero-order valence-corrected chi connectivity index (χ0v) is 6.15. The number of pyridine rings is 1. The van der Waals surface area contributed by atoms with Crippen molar-refractivity contribution in [2.45, 2.75) is 0 Å². The molecule has 1 N–H and O–H groups in total. The molecule has 1 aromatic rings. The first kappa shape index (κ1) is 7.53. The van der Waals surface area contributed by atoms with Crippen LogP contribution in [0.2, 0.25) is 0 Å². The van der Waals surface area contributed by atoms with E-state index in [2.05, 4.69) is 10.2 Å². The van der Waals surface area contributed by atoms with Gasteiger partial charge < -0.3 is 4.74 Å². The molecule has 0 unspecified atom stereocenters. The van der Waals surface area contributed by atoms with E-state index in [0.717, 1.165) is 0 Å². The first-order valence-corrected chi connectivity index (χ1v) is 3.14. The van der Waals surface area contributed by atoms with Crippen molar-refractivity contribution in [3.05, 3.63) is 30.6 Å². The highest BCUT2D eigenvalue weighted by atomic mass is 16.5. The Balaban J connectivity index is 2.58. The number of carbonyl (C=O) groups is 1. The molecule has 0 aliphatic heterocycles. The van der Waals surface area contributed by atoms with E-state index in [9.17, 15) is 4.79 Å². The van der Waals surface area contributed by atoms with Crippen LogP contribution in [0, 0.1) is 0 Å². The highest BCUT2D eigenvalue weighted by molar-refractivity contribution is 5.73. The van der Waals surface area contributed by atoms with Crippen molar-refractivity contribution in [1.29, 1.82) is 0 Å². The molecule has 0 spiro atoms. The molecule has 0 fully saturated rings. The number of nitrogens with zero attached hydrogens (tertiary/aromatic N) is 1. The van der Waals surface area contributed by atoms with Gasteiger partial charge in [-0.05, 0) is 0 Å². The Labute approximate surface area is 64.4 Å². The third-order valence-electron chi connectivity index (χ3n) is 1.12. The quantitative estimate of drug-likeness (QED) is 0.589. The Morgan fingerprint density at radius 2 is 2.00 bits per heavy atom. The summed E-state index contributed by atoms with van der Waals surface area (Å²) in [5, 5.41) is 0. The molecule has 0 atom stereocenters. The van der Waals surface area contributed by atoms with Crippen LogP contribution in [0.4, 0.5) is 4.79 Å². The standard InChI is InChI=1S/C7H8N2O2/c1-11-7(10)8-9-5-3-2-4-6-9/h2-6H,1H3/p+1. The van der Waals surface area contributed by atoms with Gasteiger partial charge in [0, 0.05) is 12.1 Å². The minimum atomic E-state index is -0.485. The summed E-state index contributed by atoms with van der Waals surface area (Å²) in [7, 11) is 1.32. The Morgan fingerprint density at radius 1 is 1.36 bits per heavy atom. The van der Waals surface area contributed by atoms with Crippen molar-refractivity contribution in [3.63, 3.8) is 0 Å². The molecule has 0 aliphatic carbocycles. The molecule has 1 aromatic heterocycles. The zero-order chi connectivity index (χ0) is 8.10. The number of rotatable bonds is 1. The van der Waals surface area contributed by atoms with Crippen LogP contribution in [0.1, 0.15) is 0 Å². The maximum atomic E-state index is 10.6. The molecule has 0 aliphatic rings. The fraction of sp³-hybridized carbons (Fsp3) is 0.143. The summed E-state index contributed by atoms with van der Waals surface area (Å²) >= 11 is 0. The van der Waals surface area contributed by atoms with Gasteiger partial charge in [-0.1, -0.05) is 16.2 Å². The van der Waals surface area contributed by atoms with Crippen molar-refractivity contribution >= 4 is 6.09 Å². The topological polar surface area (TPSA) is 42.2 Å². The molecule has 0 saturated heterocycles. The van der Waals surface area contributed by atoms with Crippen LogP contribution in [0.3, 0.4) is 0 Å². The van der Waals surface area contributed by atoms with Crippen LogP contribution in [0.15, 0.2) is 30.6 Å². The molecule has 4 nitrogen and oxygen atoms in total. The fourth-order valence-electron chi connectivity index (χ4n) is 0.624. The van der Waals surface area contributed by atoms with Crippen LogP contribution >= 0.6 is 0 Å². The smallest absolute Gasteiger partial charge is 0.449 e. The first-order valence-electron chi connectivity index (χ1n) is 3.14. The van der Waals surface area contributed by atoms with Crippen molar-refractivity contribution in [2.75, 3.05) is 12.5 Å². The molecule has 0 aromatic carbocycles. The van der Waals surface area contributed by atoms with Gasteiger partial charge in [0.25, 0.3) is 0 Å². The summed E-state index contributed by atoms with van der Waals surface area (Å²) in [4.78, 5) is 10.6. The number of amides is 1. The SMILES string of the molecule is COC(=O)N[n+]1ccccc1. The Morgan fingerprint density at radius 3 is 2.55 bits per heavy atom. The largest absolute Gasteiger partial charge is 0.460 e. The van der Waals surface area contributed by atoms with Crippen LogP contribution in [0.25, 0.3) is 0 Å². The predicted molar refractivity (Wildman–Crippen MR) is 38.4 cm³/mol. The lowest BCUT2D eigenvalue weighted by atomic mass is 10.5. The van der Waals surface area contributed by atoms with E-state index < -0.39 is 6.09 Å². The van der Waals surface area contributed by atoms with Gasteiger partial charge in [0.15, 0.2) is 12.4 Å². The monoisotopic (exact) mass is 153 g/mol. The van der Waals surface area contributed by atoms with Crippen LogP contribution < -0.4 is 10.1 Å². The minimum Gasteiger partial charge on any atom is -0.449 e.